The van der Waals surface area contributed by atoms with Gasteiger partial charge in [0.15, 0.2) is 11.9 Å². The van der Waals surface area contributed by atoms with Gasteiger partial charge in [-0.05, 0) is 0 Å². The predicted octanol–water partition coefficient (Wildman–Crippen LogP) is -1.59. The number of ether oxygens (including phenoxy) is 2. The van der Waals surface area contributed by atoms with E-state index < -0.39 is 48.9 Å². The molecule has 0 aliphatic rings. The lowest BCUT2D eigenvalue weighted by Gasteiger charge is -2.20. The van der Waals surface area contributed by atoms with Gasteiger partial charge in [-0.1, -0.05) is 0 Å². The average Bonchev–Trinajstić information content (AvgIpc) is 2.24. The zero-order valence-electron chi connectivity index (χ0n) is 9.95. The molecule has 0 fully saturated rings. The van der Waals surface area contributed by atoms with Gasteiger partial charge in [0, 0.05) is 6.92 Å². The highest BCUT2D eigenvalue weighted by Gasteiger charge is 2.42. The second-order valence-corrected chi connectivity index (χ2v) is 3.51. The molecular weight excluding hydrogens is 264 g/mol. The van der Waals surface area contributed by atoms with Gasteiger partial charge in [-0.3, -0.25) is 19.2 Å². The first-order valence-corrected chi connectivity index (χ1v) is 4.97. The van der Waals surface area contributed by atoms with E-state index in [2.05, 4.69) is 9.47 Å². The van der Waals surface area contributed by atoms with Gasteiger partial charge in [0.1, 0.15) is 6.61 Å². The Bertz CT molecular complexity index is 400. The third kappa shape index (κ3) is 6.27. The lowest BCUT2D eigenvalue weighted by atomic mass is 9.96. The number of aldehydes is 1. The molecule has 0 radical (unpaired) electrons. The van der Waals surface area contributed by atoms with Crippen LogP contribution in [-0.2, 0) is 33.4 Å². The highest BCUT2D eigenvalue weighted by Crippen LogP contribution is 2.17. The smallest absolute Gasteiger partial charge is 0.336 e. The maximum absolute atomic E-state index is 11.1. The number of esters is 3. The van der Waals surface area contributed by atoms with E-state index in [1.807, 2.05) is 0 Å². The van der Waals surface area contributed by atoms with E-state index >= 15 is 0 Å². The van der Waals surface area contributed by atoms with Crippen molar-refractivity contribution >= 4 is 30.2 Å². The minimum Gasteiger partial charge on any atom is -0.479 e. The summed E-state index contributed by atoms with van der Waals surface area (Å²) in [5.74, 6) is -5.34. The first kappa shape index (κ1) is 16.7. The van der Waals surface area contributed by atoms with Crippen LogP contribution in [0.3, 0.4) is 0 Å². The van der Waals surface area contributed by atoms with Gasteiger partial charge in [-0.15, -0.1) is 0 Å². The van der Waals surface area contributed by atoms with Crippen LogP contribution in [0.15, 0.2) is 0 Å². The van der Waals surface area contributed by atoms with E-state index in [9.17, 15) is 29.1 Å². The molecule has 0 saturated heterocycles. The van der Waals surface area contributed by atoms with Crippen molar-refractivity contribution in [3.63, 3.8) is 0 Å². The zero-order valence-corrected chi connectivity index (χ0v) is 9.95. The minimum absolute atomic E-state index is 0.252. The van der Waals surface area contributed by atoms with Crippen molar-refractivity contribution < 1.29 is 43.7 Å². The minimum atomic E-state index is -2.77. The fourth-order valence-corrected chi connectivity index (χ4v) is 1.07. The topological polar surface area (TPSA) is 144 Å². The number of carboxylic acids is 1. The normalized spacial score (nSPS) is 12.9. The Labute approximate surface area is 107 Å². The summed E-state index contributed by atoms with van der Waals surface area (Å²) in [6, 6.07) is 0. The highest BCUT2D eigenvalue weighted by molar-refractivity contribution is 5.92. The summed E-state index contributed by atoms with van der Waals surface area (Å²) >= 11 is 0. The number of aliphatic carboxylic acids is 1. The summed E-state index contributed by atoms with van der Waals surface area (Å²) in [6.45, 7) is 0.308. The molecule has 1 unspecified atom stereocenters. The summed E-state index contributed by atoms with van der Waals surface area (Å²) in [5, 5.41) is 18.4. The van der Waals surface area contributed by atoms with E-state index in [1.165, 1.54) is 0 Å². The van der Waals surface area contributed by atoms with Crippen molar-refractivity contribution in [3.05, 3.63) is 0 Å². The third-order valence-electron chi connectivity index (χ3n) is 1.84. The standard InChI is InChI=1S/C10H12O9/c1-6(12)19-8(14)5-10(17,9(15)16)4-7(13)18-3-2-11/h2,17H,3-5H2,1H3,(H,15,16). The van der Waals surface area contributed by atoms with Crippen LogP contribution in [0.1, 0.15) is 19.8 Å². The molecule has 0 rings (SSSR count). The molecule has 0 bridgehead atoms. The molecule has 0 heterocycles. The molecular formula is C10H12O9. The van der Waals surface area contributed by atoms with Crippen molar-refractivity contribution in [2.24, 2.45) is 0 Å². The quantitative estimate of drug-likeness (QED) is 0.319. The first-order valence-electron chi connectivity index (χ1n) is 4.97. The Morgan fingerprint density at radius 2 is 1.68 bits per heavy atom. The van der Waals surface area contributed by atoms with Crippen molar-refractivity contribution in [1.82, 2.24) is 0 Å². The number of hydrogen-bond donors (Lipinski definition) is 2. The molecule has 1 atom stereocenters. The molecule has 19 heavy (non-hydrogen) atoms. The van der Waals surface area contributed by atoms with Crippen LogP contribution in [0, 0.1) is 0 Å². The largest absolute Gasteiger partial charge is 0.479 e. The van der Waals surface area contributed by atoms with Crippen LogP contribution < -0.4 is 0 Å². The lowest BCUT2D eigenvalue weighted by Crippen LogP contribution is -2.43. The fraction of sp³-hybridized carbons (Fsp3) is 0.500. The maximum Gasteiger partial charge on any atom is 0.336 e. The molecule has 0 aliphatic heterocycles. The number of carbonyl (C=O) groups excluding carboxylic acids is 4. The van der Waals surface area contributed by atoms with E-state index in [1.54, 1.807) is 0 Å². The molecule has 106 valence electrons. The molecule has 9 nitrogen and oxygen atoms in total. The number of carbonyl (C=O) groups is 5. The van der Waals surface area contributed by atoms with E-state index in [0.717, 1.165) is 6.92 Å². The Morgan fingerprint density at radius 1 is 1.16 bits per heavy atom. The second kappa shape index (κ2) is 7.21. The first-order chi connectivity index (χ1) is 8.71. The Hall–Kier alpha value is -2.29. The van der Waals surface area contributed by atoms with Crippen LogP contribution in [-0.4, -0.2) is 52.6 Å². The summed E-state index contributed by atoms with van der Waals surface area (Å²) in [4.78, 5) is 53.4. The molecule has 0 aromatic carbocycles. The van der Waals surface area contributed by atoms with Crippen molar-refractivity contribution in [1.29, 1.82) is 0 Å². The Morgan fingerprint density at radius 3 is 2.11 bits per heavy atom. The molecule has 9 heteroatoms. The zero-order chi connectivity index (χ0) is 15.1. The van der Waals surface area contributed by atoms with Gasteiger partial charge in [0.05, 0.1) is 12.8 Å². The molecule has 0 saturated carbocycles. The van der Waals surface area contributed by atoms with E-state index in [4.69, 9.17) is 5.11 Å². The van der Waals surface area contributed by atoms with E-state index in [-0.39, 0.29) is 6.29 Å². The Kier molecular flexibility index (Phi) is 6.34. The molecule has 2 N–H and O–H groups in total. The summed E-state index contributed by atoms with van der Waals surface area (Å²) in [7, 11) is 0. The van der Waals surface area contributed by atoms with Crippen LogP contribution in [0.25, 0.3) is 0 Å². The second-order valence-electron chi connectivity index (χ2n) is 3.51. The van der Waals surface area contributed by atoms with Gasteiger partial charge in [-0.2, -0.15) is 0 Å². The van der Waals surface area contributed by atoms with Crippen molar-refractivity contribution in [3.8, 4) is 0 Å². The SMILES string of the molecule is CC(=O)OC(=O)CC(O)(CC(=O)OCC=O)C(=O)O. The summed E-state index contributed by atoms with van der Waals surface area (Å²) in [6.07, 6.45) is -1.93. The molecule has 0 aromatic heterocycles. The van der Waals surface area contributed by atoms with Gasteiger partial charge in [0.2, 0.25) is 0 Å². The van der Waals surface area contributed by atoms with Crippen molar-refractivity contribution in [2.45, 2.75) is 25.4 Å². The Balaban J connectivity index is 4.71. The maximum atomic E-state index is 11.1. The van der Waals surface area contributed by atoms with Crippen LogP contribution >= 0.6 is 0 Å². The number of rotatable bonds is 7. The van der Waals surface area contributed by atoms with Gasteiger partial charge >= 0.3 is 23.9 Å². The molecule has 0 amide bonds. The monoisotopic (exact) mass is 276 g/mol. The third-order valence-corrected chi connectivity index (χ3v) is 1.84. The van der Waals surface area contributed by atoms with E-state index in [0.29, 0.717) is 0 Å². The predicted molar refractivity (Wildman–Crippen MR) is 55.6 cm³/mol. The average molecular weight is 276 g/mol. The summed E-state index contributed by atoms with van der Waals surface area (Å²) in [5.41, 5.74) is -2.77. The molecule has 0 aliphatic carbocycles. The number of carboxylic acid groups (broad SMARTS) is 1. The number of aliphatic hydroxyl groups is 1. The fourth-order valence-electron chi connectivity index (χ4n) is 1.07. The molecule has 0 aromatic rings. The molecule has 0 spiro atoms. The van der Waals surface area contributed by atoms with Gasteiger partial charge in [0.25, 0.3) is 0 Å². The lowest BCUT2D eigenvalue weighted by molar-refractivity contribution is -0.175. The van der Waals surface area contributed by atoms with Crippen LogP contribution in [0.5, 0.6) is 0 Å². The highest BCUT2D eigenvalue weighted by atomic mass is 16.6. The number of hydrogen-bond acceptors (Lipinski definition) is 8. The van der Waals surface area contributed by atoms with Crippen LogP contribution in [0.2, 0.25) is 0 Å². The van der Waals surface area contributed by atoms with Gasteiger partial charge < -0.3 is 19.7 Å². The summed E-state index contributed by atoms with van der Waals surface area (Å²) < 4.78 is 8.30. The van der Waals surface area contributed by atoms with Crippen molar-refractivity contribution in [2.75, 3.05) is 6.61 Å². The van der Waals surface area contributed by atoms with Crippen LogP contribution in [0.4, 0.5) is 0 Å². The van der Waals surface area contributed by atoms with Gasteiger partial charge in [-0.25, -0.2) is 4.79 Å².